The molecule has 1 fully saturated rings. The van der Waals surface area contributed by atoms with Crippen LogP contribution in [-0.4, -0.2) is 56.4 Å². The van der Waals surface area contributed by atoms with Crippen molar-refractivity contribution < 1.29 is 4.74 Å². The Morgan fingerprint density at radius 3 is 2.76 bits per heavy atom. The lowest BCUT2D eigenvalue weighted by molar-refractivity contribution is 0.122. The van der Waals surface area contributed by atoms with Gasteiger partial charge >= 0.3 is 0 Å². The molecule has 0 radical (unpaired) electrons. The fourth-order valence-corrected chi connectivity index (χ4v) is 3.10. The second-order valence-electron chi connectivity index (χ2n) is 5.35. The van der Waals surface area contributed by atoms with Crippen molar-refractivity contribution in [2.24, 2.45) is 0 Å². The summed E-state index contributed by atoms with van der Waals surface area (Å²) < 4.78 is 5.41. The molecule has 4 rings (SSSR count). The number of nitrogen functional groups attached to an aromatic ring is 1. The first-order chi connectivity index (χ1) is 12.3. The lowest BCUT2D eigenvalue weighted by Gasteiger charge is -2.27. The molecule has 0 bridgehead atoms. The maximum absolute atomic E-state index is 5.68. The van der Waals surface area contributed by atoms with E-state index in [2.05, 4.69) is 30.0 Å². The molecule has 1 aliphatic heterocycles. The van der Waals surface area contributed by atoms with Crippen LogP contribution in [0.2, 0.25) is 0 Å². The number of ether oxygens (including phenoxy) is 1. The van der Waals surface area contributed by atoms with E-state index < -0.39 is 0 Å². The Morgan fingerprint density at radius 1 is 1.16 bits per heavy atom. The summed E-state index contributed by atoms with van der Waals surface area (Å²) >= 11 is 1.38. The van der Waals surface area contributed by atoms with Gasteiger partial charge in [-0.15, -0.1) is 5.10 Å². The number of aromatic nitrogens is 6. The normalized spacial score (nSPS) is 14.6. The Hall–Kier alpha value is -2.72. The summed E-state index contributed by atoms with van der Waals surface area (Å²) in [6, 6.07) is 5.56. The molecule has 0 amide bonds. The predicted octanol–water partition coefficient (Wildman–Crippen LogP) is 1.23. The lowest BCUT2D eigenvalue weighted by atomic mass is 10.2. The van der Waals surface area contributed by atoms with Gasteiger partial charge in [0.1, 0.15) is 17.2 Å². The highest BCUT2D eigenvalue weighted by Crippen LogP contribution is 2.28. The average Bonchev–Trinajstić information content (AvgIpc) is 3.16. The first-order valence-corrected chi connectivity index (χ1v) is 8.57. The SMILES string of the molecule is Nc1ccc(-c2cc(Sc3nc[nH]n3)nc(N3CCOCC3)n2)cn1. The van der Waals surface area contributed by atoms with Gasteiger partial charge in [0, 0.05) is 24.8 Å². The standard InChI is InChI=1S/C15H16N8OS/c16-12-2-1-10(8-17-12)11-7-13(25-15-18-9-19-22-15)21-14(20-11)23-3-5-24-6-4-23/h1-2,7-9H,3-6H2,(H2,16,17)(H,18,19,22). The molecule has 0 aliphatic carbocycles. The van der Waals surface area contributed by atoms with Gasteiger partial charge in [-0.05, 0) is 30.0 Å². The van der Waals surface area contributed by atoms with Gasteiger partial charge in [0.2, 0.25) is 11.1 Å². The van der Waals surface area contributed by atoms with E-state index in [-0.39, 0.29) is 0 Å². The number of nitrogens with zero attached hydrogens (tertiary/aromatic N) is 6. The summed E-state index contributed by atoms with van der Waals surface area (Å²) in [6.07, 6.45) is 3.25. The molecule has 9 nitrogen and oxygen atoms in total. The molecule has 1 saturated heterocycles. The Labute approximate surface area is 148 Å². The first kappa shape index (κ1) is 15.8. The quantitative estimate of drug-likeness (QED) is 0.665. The van der Waals surface area contributed by atoms with E-state index in [0.717, 1.165) is 29.4 Å². The van der Waals surface area contributed by atoms with Crippen LogP contribution in [0.3, 0.4) is 0 Å². The predicted molar refractivity (Wildman–Crippen MR) is 93.2 cm³/mol. The van der Waals surface area contributed by atoms with Crippen molar-refractivity contribution in [3.8, 4) is 11.3 Å². The number of morpholine rings is 1. The van der Waals surface area contributed by atoms with Crippen molar-refractivity contribution in [2.45, 2.75) is 10.2 Å². The third-order valence-corrected chi connectivity index (χ3v) is 4.45. The molecule has 10 heteroatoms. The van der Waals surface area contributed by atoms with Gasteiger partial charge in [-0.3, -0.25) is 5.10 Å². The highest BCUT2D eigenvalue weighted by atomic mass is 32.2. The van der Waals surface area contributed by atoms with Gasteiger partial charge in [-0.2, -0.15) is 0 Å². The molecule has 1 aliphatic rings. The third kappa shape index (κ3) is 3.69. The summed E-state index contributed by atoms with van der Waals surface area (Å²) in [5, 5.41) is 8.15. The summed E-state index contributed by atoms with van der Waals surface area (Å²) in [4.78, 5) is 19.8. The Balaban J connectivity index is 1.72. The van der Waals surface area contributed by atoms with Crippen LogP contribution in [-0.2, 0) is 4.74 Å². The molecule has 0 saturated carbocycles. The van der Waals surface area contributed by atoms with E-state index in [1.807, 2.05) is 12.1 Å². The van der Waals surface area contributed by atoms with E-state index in [9.17, 15) is 0 Å². The summed E-state index contributed by atoms with van der Waals surface area (Å²) in [6.45, 7) is 2.85. The number of H-pyrrole nitrogens is 1. The number of nitrogens with two attached hydrogens (primary N) is 1. The molecule has 128 valence electrons. The maximum Gasteiger partial charge on any atom is 0.227 e. The van der Waals surface area contributed by atoms with E-state index in [4.69, 9.17) is 15.5 Å². The molecule has 25 heavy (non-hydrogen) atoms. The van der Waals surface area contributed by atoms with E-state index in [0.29, 0.717) is 30.1 Å². The number of pyridine rings is 1. The van der Waals surface area contributed by atoms with Crippen LogP contribution in [0, 0.1) is 0 Å². The molecule has 3 aromatic heterocycles. The number of aromatic amines is 1. The van der Waals surface area contributed by atoms with Crippen LogP contribution in [0.5, 0.6) is 0 Å². The Kier molecular flexibility index (Phi) is 4.44. The van der Waals surface area contributed by atoms with E-state index >= 15 is 0 Å². The topological polar surface area (TPSA) is 119 Å². The number of hydrogen-bond donors (Lipinski definition) is 2. The van der Waals surface area contributed by atoms with Crippen LogP contribution >= 0.6 is 11.8 Å². The highest BCUT2D eigenvalue weighted by Gasteiger charge is 2.17. The maximum atomic E-state index is 5.68. The molecule has 3 aromatic rings. The Morgan fingerprint density at radius 2 is 2.04 bits per heavy atom. The molecule has 0 unspecified atom stereocenters. The Bertz CT molecular complexity index is 833. The second kappa shape index (κ2) is 7.03. The second-order valence-corrected chi connectivity index (χ2v) is 6.33. The highest BCUT2D eigenvalue weighted by molar-refractivity contribution is 7.99. The molecule has 0 aromatic carbocycles. The number of rotatable bonds is 4. The van der Waals surface area contributed by atoms with E-state index in [1.165, 1.54) is 18.1 Å². The first-order valence-electron chi connectivity index (χ1n) is 7.75. The van der Waals surface area contributed by atoms with Crippen LogP contribution in [0.1, 0.15) is 0 Å². The minimum Gasteiger partial charge on any atom is -0.384 e. The van der Waals surface area contributed by atoms with Crippen molar-refractivity contribution in [3.05, 3.63) is 30.7 Å². The van der Waals surface area contributed by atoms with Crippen molar-refractivity contribution in [1.29, 1.82) is 0 Å². The summed E-state index contributed by atoms with van der Waals surface area (Å²) in [7, 11) is 0. The van der Waals surface area contributed by atoms with Crippen LogP contribution < -0.4 is 10.6 Å². The van der Waals surface area contributed by atoms with Gasteiger partial charge in [-0.25, -0.2) is 19.9 Å². The molecular weight excluding hydrogens is 340 g/mol. The van der Waals surface area contributed by atoms with Crippen LogP contribution in [0.25, 0.3) is 11.3 Å². The zero-order valence-electron chi connectivity index (χ0n) is 13.3. The van der Waals surface area contributed by atoms with Crippen LogP contribution in [0.15, 0.2) is 40.9 Å². The van der Waals surface area contributed by atoms with E-state index in [1.54, 1.807) is 12.3 Å². The zero-order valence-corrected chi connectivity index (χ0v) is 14.1. The number of anilines is 2. The summed E-state index contributed by atoms with van der Waals surface area (Å²) in [5.41, 5.74) is 7.34. The monoisotopic (exact) mass is 356 g/mol. The van der Waals surface area contributed by atoms with Crippen molar-refractivity contribution >= 4 is 23.5 Å². The average molecular weight is 356 g/mol. The van der Waals surface area contributed by atoms with Crippen molar-refractivity contribution in [1.82, 2.24) is 30.1 Å². The zero-order chi connectivity index (χ0) is 17.1. The molecule has 4 heterocycles. The van der Waals surface area contributed by atoms with Gasteiger partial charge in [0.15, 0.2) is 0 Å². The molecule has 0 spiro atoms. The van der Waals surface area contributed by atoms with Gasteiger partial charge < -0.3 is 15.4 Å². The third-order valence-electron chi connectivity index (χ3n) is 3.66. The minimum absolute atomic E-state index is 0.474. The fourth-order valence-electron chi connectivity index (χ4n) is 2.41. The molecule has 3 N–H and O–H groups in total. The number of hydrogen-bond acceptors (Lipinski definition) is 9. The lowest BCUT2D eigenvalue weighted by Crippen LogP contribution is -2.37. The smallest absolute Gasteiger partial charge is 0.227 e. The summed E-state index contributed by atoms with van der Waals surface area (Å²) in [5.74, 6) is 1.14. The molecular formula is C15H16N8OS. The van der Waals surface area contributed by atoms with Gasteiger partial charge in [0.05, 0.1) is 18.9 Å². The van der Waals surface area contributed by atoms with Gasteiger partial charge in [-0.1, -0.05) is 0 Å². The fraction of sp³-hybridized carbons (Fsp3) is 0.267. The largest absolute Gasteiger partial charge is 0.384 e. The van der Waals surface area contributed by atoms with Gasteiger partial charge in [0.25, 0.3) is 0 Å². The minimum atomic E-state index is 0.474. The van der Waals surface area contributed by atoms with Crippen molar-refractivity contribution in [2.75, 3.05) is 36.9 Å². The molecule has 0 atom stereocenters. The number of nitrogens with one attached hydrogen (secondary N) is 1. The van der Waals surface area contributed by atoms with Crippen molar-refractivity contribution in [3.63, 3.8) is 0 Å². The van der Waals surface area contributed by atoms with Crippen LogP contribution in [0.4, 0.5) is 11.8 Å².